The van der Waals surface area contributed by atoms with Gasteiger partial charge in [0, 0.05) is 19.3 Å². The Morgan fingerprint density at radius 1 is 0.337 bits per heavy atom. The van der Waals surface area contributed by atoms with E-state index < -0.39 is 72.6 Å². The first-order valence-corrected chi connectivity index (χ1v) is 42.0. The number of hydrogen-bond acceptors (Lipinski definition) is 12. The minimum Gasteiger partial charge on any atom is -0.481 e. The molecule has 0 saturated heterocycles. The SMILES string of the molecule is CCCCCCCCCCC(CCCCCCCC)COC(=O)C(C)C(/C=C/C=C\CCCCCCCC(=O)OCC(COC(=O)CCCCCCC/C=C\C/C=C\C=C\C(CC)C(CC(=O)O)C(=O)O)OC(=O)CCCCCC/C=C/C(CCCCCCCC)C(CC(=O)O)C(=O)O)CCCCC. The lowest BCUT2D eigenvalue weighted by molar-refractivity contribution is -0.167. The van der Waals surface area contributed by atoms with E-state index >= 15 is 0 Å². The van der Waals surface area contributed by atoms with Crippen molar-refractivity contribution in [2.24, 2.45) is 41.4 Å². The summed E-state index contributed by atoms with van der Waals surface area (Å²) in [6.07, 6.45) is 70.2. The first kappa shape index (κ1) is 98.2. The minimum absolute atomic E-state index is 0.0651. The Bertz CT molecular complexity index is 2350. The zero-order valence-electron chi connectivity index (χ0n) is 66.4. The molecule has 0 aliphatic heterocycles. The van der Waals surface area contributed by atoms with Crippen LogP contribution in [-0.2, 0) is 57.3 Å². The van der Waals surface area contributed by atoms with E-state index in [9.17, 15) is 53.7 Å². The lowest BCUT2D eigenvalue weighted by atomic mass is 9.84. The summed E-state index contributed by atoms with van der Waals surface area (Å²) in [7, 11) is 0. The molecule has 598 valence electrons. The minimum atomic E-state index is -1.13. The third kappa shape index (κ3) is 60.3. The molecule has 16 nitrogen and oxygen atoms in total. The molecular weight excluding hydrogens is 1310 g/mol. The summed E-state index contributed by atoms with van der Waals surface area (Å²) in [4.78, 5) is 99.1. The molecule has 0 saturated carbocycles. The molecule has 0 heterocycles. The topological polar surface area (TPSA) is 254 Å². The van der Waals surface area contributed by atoms with Crippen LogP contribution in [0.25, 0.3) is 0 Å². The molecule has 0 aliphatic carbocycles. The lowest BCUT2D eigenvalue weighted by Crippen LogP contribution is -2.30. The van der Waals surface area contributed by atoms with Crippen molar-refractivity contribution in [2.75, 3.05) is 19.8 Å². The Hall–Kier alpha value is -5.80. The summed E-state index contributed by atoms with van der Waals surface area (Å²) in [6, 6.07) is 0. The average molecular weight is 1460 g/mol. The van der Waals surface area contributed by atoms with Crippen molar-refractivity contribution in [2.45, 2.75) is 375 Å². The highest BCUT2D eigenvalue weighted by molar-refractivity contribution is 5.79. The van der Waals surface area contributed by atoms with Gasteiger partial charge in [0.15, 0.2) is 6.10 Å². The number of carboxylic acid groups (broad SMARTS) is 4. The van der Waals surface area contributed by atoms with Crippen LogP contribution in [0.1, 0.15) is 369 Å². The van der Waals surface area contributed by atoms with Crippen molar-refractivity contribution in [1.82, 2.24) is 0 Å². The van der Waals surface area contributed by atoms with E-state index in [2.05, 4.69) is 64.2 Å². The summed E-state index contributed by atoms with van der Waals surface area (Å²) >= 11 is 0. The molecule has 0 amide bonds. The van der Waals surface area contributed by atoms with Crippen molar-refractivity contribution in [3.63, 3.8) is 0 Å². The monoisotopic (exact) mass is 1460 g/mol. The molecule has 8 unspecified atom stereocenters. The largest absolute Gasteiger partial charge is 0.481 e. The van der Waals surface area contributed by atoms with Gasteiger partial charge in [-0.3, -0.25) is 38.4 Å². The zero-order chi connectivity index (χ0) is 76.7. The first-order valence-electron chi connectivity index (χ1n) is 42.0. The fourth-order valence-electron chi connectivity index (χ4n) is 13.3. The molecular formula is C88H150O16. The molecule has 0 rings (SSSR count). The summed E-state index contributed by atoms with van der Waals surface area (Å²) in [5.41, 5.74) is 0. The van der Waals surface area contributed by atoms with E-state index in [4.69, 9.17) is 24.1 Å². The second-order valence-corrected chi connectivity index (χ2v) is 29.4. The quantitative estimate of drug-likeness (QED) is 0.0145. The number of allylic oxidation sites excluding steroid dienone is 12. The fourth-order valence-corrected chi connectivity index (χ4v) is 13.3. The Morgan fingerprint density at radius 3 is 1.18 bits per heavy atom. The zero-order valence-corrected chi connectivity index (χ0v) is 66.4. The molecule has 8 atom stereocenters. The highest BCUT2D eigenvalue weighted by Crippen LogP contribution is 2.28. The van der Waals surface area contributed by atoms with Gasteiger partial charge in [-0.15, -0.1) is 0 Å². The highest BCUT2D eigenvalue weighted by atomic mass is 16.6. The smallest absolute Gasteiger partial charge is 0.309 e. The van der Waals surface area contributed by atoms with E-state index in [1.54, 1.807) is 12.2 Å². The molecule has 0 bridgehead atoms. The van der Waals surface area contributed by atoms with Gasteiger partial charge in [-0.1, -0.05) is 314 Å². The van der Waals surface area contributed by atoms with Crippen molar-refractivity contribution < 1.29 is 77.7 Å². The predicted octanol–water partition coefficient (Wildman–Crippen LogP) is 23.5. The number of carbonyl (C=O) groups is 8. The second kappa shape index (κ2) is 71.5. The van der Waals surface area contributed by atoms with Crippen molar-refractivity contribution in [1.29, 1.82) is 0 Å². The molecule has 0 spiro atoms. The number of carbonyl (C=O) groups excluding carboxylic acids is 4. The Labute approximate surface area is 631 Å². The van der Waals surface area contributed by atoms with Gasteiger partial charge in [-0.25, -0.2) is 0 Å². The van der Waals surface area contributed by atoms with Crippen LogP contribution in [0, 0.1) is 41.4 Å². The first-order chi connectivity index (χ1) is 50.4. The van der Waals surface area contributed by atoms with Crippen LogP contribution in [0.15, 0.2) is 72.9 Å². The molecule has 4 N–H and O–H groups in total. The number of hydrogen-bond donors (Lipinski definition) is 4. The number of esters is 4. The predicted molar refractivity (Wildman–Crippen MR) is 422 cm³/mol. The van der Waals surface area contributed by atoms with Crippen LogP contribution >= 0.6 is 0 Å². The Kier molecular flexibility index (Phi) is 67.5. The van der Waals surface area contributed by atoms with Gasteiger partial charge in [-0.05, 0) is 120 Å². The lowest BCUT2D eigenvalue weighted by Gasteiger charge is -2.22. The van der Waals surface area contributed by atoms with E-state index in [1.165, 1.54) is 96.3 Å². The fraction of sp³-hybridized carbons (Fsp3) is 0.773. The third-order valence-corrected chi connectivity index (χ3v) is 20.1. The molecule has 0 aliphatic rings. The number of ether oxygens (including phenoxy) is 4. The number of rotatable bonds is 75. The molecule has 0 radical (unpaired) electrons. The van der Waals surface area contributed by atoms with Gasteiger partial charge in [0.05, 0.1) is 37.2 Å². The number of carboxylic acids is 4. The second-order valence-electron chi connectivity index (χ2n) is 29.4. The summed E-state index contributed by atoms with van der Waals surface area (Å²) in [6.45, 7) is 12.9. The third-order valence-electron chi connectivity index (χ3n) is 20.1. The summed E-state index contributed by atoms with van der Waals surface area (Å²) in [5.74, 6) is -8.11. The summed E-state index contributed by atoms with van der Waals surface area (Å²) < 4.78 is 23.1. The molecule has 104 heavy (non-hydrogen) atoms. The highest BCUT2D eigenvalue weighted by Gasteiger charge is 2.30. The normalized spacial score (nSPS) is 14.3. The van der Waals surface area contributed by atoms with E-state index in [-0.39, 0.29) is 62.1 Å². The van der Waals surface area contributed by atoms with Gasteiger partial charge in [0.2, 0.25) is 0 Å². The molecule has 0 fully saturated rings. The van der Waals surface area contributed by atoms with Crippen LogP contribution < -0.4 is 0 Å². The van der Waals surface area contributed by atoms with E-state index in [0.29, 0.717) is 57.5 Å². The van der Waals surface area contributed by atoms with E-state index in [1.807, 2.05) is 38.2 Å². The maximum Gasteiger partial charge on any atom is 0.309 e. The van der Waals surface area contributed by atoms with Gasteiger partial charge in [-0.2, -0.15) is 0 Å². The Balaban J connectivity index is 5.35. The van der Waals surface area contributed by atoms with Crippen LogP contribution in [0.2, 0.25) is 0 Å². The maximum absolute atomic E-state index is 13.6. The average Bonchev–Trinajstić information content (AvgIpc) is 0.919. The van der Waals surface area contributed by atoms with Gasteiger partial charge < -0.3 is 39.4 Å². The number of aliphatic carboxylic acids is 4. The van der Waals surface area contributed by atoms with Gasteiger partial charge >= 0.3 is 47.8 Å². The molecule has 0 aromatic carbocycles. The molecule has 16 heteroatoms. The molecule has 0 aromatic heterocycles. The van der Waals surface area contributed by atoms with Gasteiger partial charge in [0.1, 0.15) is 13.2 Å². The van der Waals surface area contributed by atoms with Crippen LogP contribution in [0.4, 0.5) is 0 Å². The van der Waals surface area contributed by atoms with Crippen LogP contribution in [0.3, 0.4) is 0 Å². The summed E-state index contributed by atoms with van der Waals surface area (Å²) in [5, 5.41) is 37.9. The number of unbranched alkanes of at least 4 members (excludes halogenated alkanes) is 33. The Morgan fingerprint density at radius 2 is 0.712 bits per heavy atom. The van der Waals surface area contributed by atoms with Crippen LogP contribution in [-0.4, -0.2) is 94.1 Å². The molecule has 0 aromatic rings. The van der Waals surface area contributed by atoms with Crippen molar-refractivity contribution in [3.05, 3.63) is 72.9 Å². The van der Waals surface area contributed by atoms with Crippen molar-refractivity contribution in [3.8, 4) is 0 Å². The van der Waals surface area contributed by atoms with Crippen molar-refractivity contribution >= 4 is 47.8 Å². The van der Waals surface area contributed by atoms with E-state index in [0.717, 1.165) is 154 Å². The van der Waals surface area contributed by atoms with Crippen LogP contribution in [0.5, 0.6) is 0 Å². The maximum atomic E-state index is 13.6. The van der Waals surface area contributed by atoms with Gasteiger partial charge in [0.25, 0.3) is 0 Å². The standard InChI is InChI=1S/C88H150O16/c1-7-12-16-19-22-32-40-50-59-74(58-49-39-20-17-13-8-2)70-103-88(100)73(6)76(61-48-15-10-4)62-52-43-34-29-27-31-36-46-56-66-84(94)102-72-78(104-85(95)67-57-47-38-37-44-54-64-77(63-53-41-21-18-14-9-3)80(87(98)99)69-82(91)92)71-101-83(93)65-55-45-35-30-26-24-23-25-28-33-42-51-60-75(11-5)79(86(96)97)68-81(89)90/h23,25,33-34,42-43,51-52,54,60,62,64,73-80H,7-22,24,26-32,35-41,44-50,53,55-59,61,63,65-72H2,1-6H3,(H,89,90)(H,91,92)(H,96,97)(H,98,99)/b25-23-,42-33-,43-34-,60-51+,62-52+,64-54+.